The van der Waals surface area contributed by atoms with Gasteiger partial charge in [-0.25, -0.2) is 0 Å². The number of nitrogens with one attached hydrogen (secondary N) is 1. The van der Waals surface area contributed by atoms with Crippen molar-refractivity contribution in [3.05, 3.63) is 47.5 Å². The summed E-state index contributed by atoms with van der Waals surface area (Å²) in [5.74, 6) is 0. The summed E-state index contributed by atoms with van der Waals surface area (Å²) < 4.78 is 4.98. The van der Waals surface area contributed by atoms with Gasteiger partial charge < -0.3 is 10.1 Å². The zero-order chi connectivity index (χ0) is 14.8. The van der Waals surface area contributed by atoms with Crippen molar-refractivity contribution < 1.29 is 4.74 Å². The van der Waals surface area contributed by atoms with Gasteiger partial charge in [-0.15, -0.1) is 0 Å². The van der Waals surface area contributed by atoms with Crippen molar-refractivity contribution in [2.24, 2.45) is 0 Å². The summed E-state index contributed by atoms with van der Waals surface area (Å²) in [5, 5.41) is 3.33. The van der Waals surface area contributed by atoms with E-state index in [1.54, 1.807) is 7.11 Å². The van der Waals surface area contributed by atoms with Crippen molar-refractivity contribution in [3.8, 4) is 0 Å². The fraction of sp³-hybridized carbons (Fsp3) is 0.556. The van der Waals surface area contributed by atoms with Crippen LogP contribution in [0.2, 0.25) is 0 Å². The Morgan fingerprint density at radius 2 is 1.75 bits per heavy atom. The molecule has 0 saturated heterocycles. The first-order valence-electron chi connectivity index (χ1n) is 7.48. The highest BCUT2D eigenvalue weighted by Gasteiger charge is 2.12. The Morgan fingerprint density at radius 3 is 2.35 bits per heavy atom. The zero-order valence-corrected chi connectivity index (χ0v) is 13.4. The first-order chi connectivity index (χ1) is 9.54. The Morgan fingerprint density at radius 1 is 1.05 bits per heavy atom. The minimum Gasteiger partial charge on any atom is -0.383 e. The Hall–Kier alpha value is -1.12. The van der Waals surface area contributed by atoms with Gasteiger partial charge in [-0.1, -0.05) is 57.2 Å². The van der Waals surface area contributed by atoms with Crippen LogP contribution >= 0.6 is 0 Å². The second kappa shape index (κ2) is 8.93. The van der Waals surface area contributed by atoms with Crippen molar-refractivity contribution in [3.63, 3.8) is 0 Å². The molecule has 0 aliphatic rings. The van der Waals surface area contributed by atoms with Crippen molar-refractivity contribution in [1.29, 1.82) is 0 Å². The van der Waals surface area contributed by atoms with E-state index in [2.05, 4.69) is 62.5 Å². The average Bonchev–Trinajstić information content (AvgIpc) is 2.41. The van der Waals surface area contributed by atoms with Crippen molar-refractivity contribution >= 4 is 0 Å². The van der Waals surface area contributed by atoms with Gasteiger partial charge in [-0.05, 0) is 35.9 Å². The largest absolute Gasteiger partial charge is 0.383 e. The van der Waals surface area contributed by atoms with E-state index >= 15 is 0 Å². The molecule has 0 atom stereocenters. The second-order valence-electron chi connectivity index (χ2n) is 6.15. The molecule has 0 saturated carbocycles. The molecule has 0 unspecified atom stereocenters. The topological polar surface area (TPSA) is 21.3 Å². The molecule has 0 spiro atoms. The molecule has 0 bridgehead atoms. The molecule has 0 amide bonds. The van der Waals surface area contributed by atoms with E-state index in [0.717, 1.165) is 32.5 Å². The predicted octanol–water partition coefficient (Wildman–Crippen LogP) is 3.71. The molecule has 20 heavy (non-hydrogen) atoms. The third-order valence-electron chi connectivity index (χ3n) is 3.31. The molecule has 0 aliphatic carbocycles. The quantitative estimate of drug-likeness (QED) is 0.577. The Bertz CT molecular complexity index is 387. The lowest BCUT2D eigenvalue weighted by molar-refractivity contribution is 0.199. The number of ether oxygens (including phenoxy) is 1. The highest BCUT2D eigenvalue weighted by molar-refractivity contribution is 5.28. The molecule has 0 radical (unpaired) electrons. The Kier molecular flexibility index (Phi) is 7.56. The van der Waals surface area contributed by atoms with Crippen LogP contribution in [0, 0.1) is 0 Å². The van der Waals surface area contributed by atoms with Gasteiger partial charge in [-0.3, -0.25) is 0 Å². The SMILES string of the molecule is COCCNCCC=CCc1ccc(C(C)(C)C)cc1. The van der Waals surface area contributed by atoms with Gasteiger partial charge in [0.2, 0.25) is 0 Å². The molecular formula is C18H29NO. The van der Waals surface area contributed by atoms with Crippen LogP contribution in [0.4, 0.5) is 0 Å². The summed E-state index contributed by atoms with van der Waals surface area (Å²) in [7, 11) is 1.73. The number of hydrogen-bond acceptors (Lipinski definition) is 2. The third kappa shape index (κ3) is 6.88. The van der Waals surface area contributed by atoms with Crippen LogP contribution in [0.25, 0.3) is 0 Å². The van der Waals surface area contributed by atoms with Gasteiger partial charge in [0.15, 0.2) is 0 Å². The third-order valence-corrected chi connectivity index (χ3v) is 3.31. The van der Waals surface area contributed by atoms with Crippen LogP contribution in [-0.2, 0) is 16.6 Å². The van der Waals surface area contributed by atoms with Crippen LogP contribution in [0.5, 0.6) is 0 Å². The molecular weight excluding hydrogens is 246 g/mol. The lowest BCUT2D eigenvalue weighted by Crippen LogP contribution is -2.19. The first kappa shape index (κ1) is 16.9. The maximum absolute atomic E-state index is 4.98. The number of allylic oxidation sites excluding steroid dienone is 1. The van der Waals surface area contributed by atoms with Gasteiger partial charge in [0, 0.05) is 13.7 Å². The van der Waals surface area contributed by atoms with Gasteiger partial charge in [0.25, 0.3) is 0 Å². The van der Waals surface area contributed by atoms with E-state index in [-0.39, 0.29) is 5.41 Å². The van der Waals surface area contributed by atoms with Gasteiger partial charge >= 0.3 is 0 Å². The number of rotatable bonds is 8. The molecule has 1 aromatic rings. The highest BCUT2D eigenvalue weighted by Crippen LogP contribution is 2.22. The molecule has 0 aliphatic heterocycles. The Labute approximate surface area is 124 Å². The molecule has 1 aromatic carbocycles. The lowest BCUT2D eigenvalue weighted by atomic mass is 9.86. The normalized spacial score (nSPS) is 12.2. The maximum Gasteiger partial charge on any atom is 0.0587 e. The van der Waals surface area contributed by atoms with Crippen LogP contribution in [-0.4, -0.2) is 26.8 Å². The van der Waals surface area contributed by atoms with Crippen LogP contribution < -0.4 is 5.32 Å². The number of hydrogen-bond donors (Lipinski definition) is 1. The van der Waals surface area contributed by atoms with Crippen LogP contribution in [0.3, 0.4) is 0 Å². The minimum atomic E-state index is 0.238. The molecule has 112 valence electrons. The molecule has 0 heterocycles. The predicted molar refractivity (Wildman–Crippen MR) is 87.3 cm³/mol. The van der Waals surface area contributed by atoms with Gasteiger partial charge in [0.05, 0.1) is 6.61 Å². The summed E-state index contributed by atoms with van der Waals surface area (Å²) >= 11 is 0. The highest BCUT2D eigenvalue weighted by atomic mass is 16.5. The molecule has 2 heteroatoms. The molecule has 1 N–H and O–H groups in total. The van der Waals surface area contributed by atoms with Gasteiger partial charge in [0.1, 0.15) is 0 Å². The minimum absolute atomic E-state index is 0.238. The van der Waals surface area contributed by atoms with E-state index < -0.39 is 0 Å². The summed E-state index contributed by atoms with van der Waals surface area (Å²) in [5.41, 5.74) is 3.01. The van der Waals surface area contributed by atoms with Crippen LogP contribution in [0.1, 0.15) is 38.3 Å². The van der Waals surface area contributed by atoms with Crippen molar-refractivity contribution in [1.82, 2.24) is 5.32 Å². The summed E-state index contributed by atoms with van der Waals surface area (Å²) in [6.07, 6.45) is 6.59. The molecule has 1 rings (SSSR count). The molecule has 0 fully saturated rings. The van der Waals surface area contributed by atoms with E-state index in [0.29, 0.717) is 0 Å². The second-order valence-corrected chi connectivity index (χ2v) is 6.15. The van der Waals surface area contributed by atoms with Crippen molar-refractivity contribution in [2.45, 2.75) is 39.0 Å². The van der Waals surface area contributed by atoms with E-state index in [1.807, 2.05) is 0 Å². The number of benzene rings is 1. The summed E-state index contributed by atoms with van der Waals surface area (Å²) in [4.78, 5) is 0. The maximum atomic E-state index is 4.98. The van der Waals surface area contributed by atoms with E-state index in [9.17, 15) is 0 Å². The van der Waals surface area contributed by atoms with Gasteiger partial charge in [-0.2, -0.15) is 0 Å². The monoisotopic (exact) mass is 275 g/mol. The average molecular weight is 275 g/mol. The zero-order valence-electron chi connectivity index (χ0n) is 13.4. The van der Waals surface area contributed by atoms with E-state index in [4.69, 9.17) is 4.74 Å². The number of methoxy groups -OCH3 is 1. The molecule has 2 nitrogen and oxygen atoms in total. The Balaban J connectivity index is 2.25. The summed E-state index contributed by atoms with van der Waals surface area (Å²) in [6.45, 7) is 9.47. The summed E-state index contributed by atoms with van der Waals surface area (Å²) in [6, 6.07) is 8.97. The van der Waals surface area contributed by atoms with E-state index in [1.165, 1.54) is 11.1 Å². The smallest absolute Gasteiger partial charge is 0.0587 e. The first-order valence-corrected chi connectivity index (χ1v) is 7.48. The lowest BCUT2D eigenvalue weighted by Gasteiger charge is -2.18. The molecule has 0 aromatic heterocycles. The van der Waals surface area contributed by atoms with Crippen molar-refractivity contribution in [2.75, 3.05) is 26.8 Å². The fourth-order valence-corrected chi connectivity index (χ4v) is 1.96. The standard InChI is InChI=1S/C18H29NO/c1-18(2,3)17-11-9-16(10-12-17)8-6-5-7-13-19-14-15-20-4/h5-6,9-12,19H,7-8,13-15H2,1-4H3. The fourth-order valence-electron chi connectivity index (χ4n) is 1.96. The van der Waals surface area contributed by atoms with Crippen LogP contribution in [0.15, 0.2) is 36.4 Å².